The number of nitrogen functional groups attached to an aromatic ring is 1. The highest BCUT2D eigenvalue weighted by Gasteiger charge is 2.37. The molecule has 0 amide bonds. The molecule has 1 aromatic carbocycles. The van der Waals surface area contributed by atoms with Crippen molar-refractivity contribution in [3.8, 4) is 0 Å². The van der Waals surface area contributed by atoms with Crippen molar-refractivity contribution in [2.45, 2.75) is 50.9 Å². The largest absolute Gasteiger partial charge is 0.399 e. The maximum Gasteiger partial charge on any atom is 0.218 e. The molecule has 0 aliphatic carbocycles. The molecule has 1 aromatic rings. The Morgan fingerprint density at radius 1 is 1.26 bits per heavy atom. The van der Waals surface area contributed by atoms with Gasteiger partial charge >= 0.3 is 0 Å². The second kappa shape index (κ2) is 5.51. The summed E-state index contributed by atoms with van der Waals surface area (Å²) >= 11 is 0. The van der Waals surface area contributed by atoms with Crippen LogP contribution in [-0.2, 0) is 15.8 Å². The van der Waals surface area contributed by atoms with E-state index in [0.717, 1.165) is 24.8 Å². The number of benzene rings is 1. The van der Waals surface area contributed by atoms with Gasteiger partial charge in [-0.25, -0.2) is 8.42 Å². The molecule has 106 valence electrons. The molecule has 2 rings (SSSR count). The molecular formula is C14H22N2O2S. The molecule has 1 aliphatic rings. The van der Waals surface area contributed by atoms with E-state index in [-0.39, 0.29) is 17.8 Å². The first-order valence-corrected chi connectivity index (χ1v) is 8.40. The number of hydrogen-bond donors (Lipinski definition) is 1. The van der Waals surface area contributed by atoms with Gasteiger partial charge in [0.05, 0.1) is 5.75 Å². The Morgan fingerprint density at radius 3 is 2.47 bits per heavy atom. The third-order valence-electron chi connectivity index (χ3n) is 3.83. The standard InChI is InChI=1S/C14H22N2O2S/c1-3-14-9-4-11(2)16(14)19(17,18)10-12-5-7-13(15)8-6-12/h5-8,11,14H,3-4,9-10,15H2,1-2H3. The first-order valence-electron chi connectivity index (χ1n) is 6.79. The van der Waals surface area contributed by atoms with Gasteiger partial charge in [-0.05, 0) is 43.9 Å². The Kier molecular flexibility index (Phi) is 4.16. The Bertz CT molecular complexity index is 525. The van der Waals surface area contributed by atoms with Crippen molar-refractivity contribution < 1.29 is 8.42 Å². The molecule has 1 aliphatic heterocycles. The SMILES string of the molecule is CCC1CCC(C)N1S(=O)(=O)Cc1ccc(N)cc1. The molecule has 5 heteroatoms. The van der Waals surface area contributed by atoms with E-state index in [1.54, 1.807) is 28.6 Å². The van der Waals surface area contributed by atoms with Crippen molar-refractivity contribution in [1.82, 2.24) is 4.31 Å². The summed E-state index contributed by atoms with van der Waals surface area (Å²) in [6, 6.07) is 7.34. The third kappa shape index (κ3) is 3.09. The van der Waals surface area contributed by atoms with Crippen LogP contribution in [0.3, 0.4) is 0 Å². The lowest BCUT2D eigenvalue weighted by Gasteiger charge is -2.27. The van der Waals surface area contributed by atoms with E-state index < -0.39 is 10.0 Å². The summed E-state index contributed by atoms with van der Waals surface area (Å²) in [5.41, 5.74) is 7.07. The summed E-state index contributed by atoms with van der Waals surface area (Å²) in [4.78, 5) is 0. The monoisotopic (exact) mass is 282 g/mol. The van der Waals surface area contributed by atoms with Gasteiger partial charge in [-0.15, -0.1) is 0 Å². The topological polar surface area (TPSA) is 63.4 Å². The summed E-state index contributed by atoms with van der Waals surface area (Å²) in [5.74, 6) is 0.0636. The highest BCUT2D eigenvalue weighted by atomic mass is 32.2. The highest BCUT2D eigenvalue weighted by Crippen LogP contribution is 2.30. The van der Waals surface area contributed by atoms with E-state index in [2.05, 4.69) is 6.92 Å². The molecule has 4 nitrogen and oxygen atoms in total. The smallest absolute Gasteiger partial charge is 0.218 e. The van der Waals surface area contributed by atoms with Crippen molar-refractivity contribution in [2.75, 3.05) is 5.73 Å². The molecule has 0 bridgehead atoms. The molecule has 1 heterocycles. The van der Waals surface area contributed by atoms with E-state index in [0.29, 0.717) is 5.69 Å². The van der Waals surface area contributed by atoms with Crippen LogP contribution in [-0.4, -0.2) is 24.8 Å². The third-order valence-corrected chi connectivity index (χ3v) is 5.83. The van der Waals surface area contributed by atoms with Gasteiger partial charge in [0, 0.05) is 17.8 Å². The van der Waals surface area contributed by atoms with Gasteiger partial charge in [0.1, 0.15) is 0 Å². The molecule has 0 saturated carbocycles. The Hall–Kier alpha value is -1.07. The highest BCUT2D eigenvalue weighted by molar-refractivity contribution is 7.88. The van der Waals surface area contributed by atoms with Crippen molar-refractivity contribution >= 4 is 15.7 Å². The van der Waals surface area contributed by atoms with Crippen molar-refractivity contribution in [2.24, 2.45) is 0 Å². The fourth-order valence-electron chi connectivity index (χ4n) is 2.83. The summed E-state index contributed by atoms with van der Waals surface area (Å²) in [7, 11) is -3.24. The minimum atomic E-state index is -3.24. The van der Waals surface area contributed by atoms with E-state index in [4.69, 9.17) is 5.73 Å². The predicted molar refractivity (Wildman–Crippen MR) is 78.1 cm³/mol. The van der Waals surface area contributed by atoms with E-state index in [1.807, 2.05) is 6.92 Å². The molecule has 2 unspecified atom stereocenters. The fourth-order valence-corrected chi connectivity index (χ4v) is 4.96. The first-order chi connectivity index (χ1) is 8.94. The quantitative estimate of drug-likeness (QED) is 0.862. The average molecular weight is 282 g/mol. The van der Waals surface area contributed by atoms with Gasteiger partial charge in [0.2, 0.25) is 10.0 Å². The number of hydrogen-bond acceptors (Lipinski definition) is 3. The van der Waals surface area contributed by atoms with Crippen LogP contribution in [0.1, 0.15) is 38.7 Å². The zero-order valence-corrected chi connectivity index (χ0v) is 12.4. The lowest BCUT2D eigenvalue weighted by molar-refractivity contribution is 0.328. The Balaban J connectivity index is 2.20. The molecular weight excluding hydrogens is 260 g/mol. The molecule has 0 radical (unpaired) electrons. The summed E-state index contributed by atoms with van der Waals surface area (Å²) in [6.45, 7) is 4.05. The minimum Gasteiger partial charge on any atom is -0.399 e. The Morgan fingerprint density at radius 2 is 1.89 bits per heavy atom. The normalized spacial score (nSPS) is 24.7. The van der Waals surface area contributed by atoms with Gasteiger partial charge in [-0.2, -0.15) is 4.31 Å². The van der Waals surface area contributed by atoms with Crippen LogP contribution in [0.15, 0.2) is 24.3 Å². The molecule has 2 atom stereocenters. The van der Waals surface area contributed by atoms with E-state index in [1.165, 1.54) is 0 Å². The van der Waals surface area contributed by atoms with Crippen LogP contribution in [0.5, 0.6) is 0 Å². The zero-order chi connectivity index (χ0) is 14.0. The number of rotatable bonds is 4. The number of anilines is 1. The summed E-state index contributed by atoms with van der Waals surface area (Å²) in [5, 5.41) is 0. The molecule has 19 heavy (non-hydrogen) atoms. The number of sulfonamides is 1. The lowest BCUT2D eigenvalue weighted by Crippen LogP contribution is -2.40. The van der Waals surface area contributed by atoms with Crippen LogP contribution >= 0.6 is 0 Å². The van der Waals surface area contributed by atoms with Gasteiger partial charge in [-0.3, -0.25) is 0 Å². The Labute approximate surface area is 115 Å². The summed E-state index contributed by atoms with van der Waals surface area (Å²) in [6.07, 6.45) is 2.81. The maximum atomic E-state index is 12.6. The van der Waals surface area contributed by atoms with Crippen LogP contribution in [0.2, 0.25) is 0 Å². The van der Waals surface area contributed by atoms with E-state index >= 15 is 0 Å². The first kappa shape index (κ1) is 14.3. The maximum absolute atomic E-state index is 12.6. The van der Waals surface area contributed by atoms with Crippen LogP contribution < -0.4 is 5.73 Å². The van der Waals surface area contributed by atoms with Gasteiger partial charge in [0.15, 0.2) is 0 Å². The van der Waals surface area contributed by atoms with Crippen LogP contribution in [0.25, 0.3) is 0 Å². The minimum absolute atomic E-state index is 0.0636. The fraction of sp³-hybridized carbons (Fsp3) is 0.571. The number of nitrogens with two attached hydrogens (primary N) is 1. The lowest BCUT2D eigenvalue weighted by atomic mass is 10.2. The molecule has 0 aromatic heterocycles. The average Bonchev–Trinajstić information content (AvgIpc) is 2.74. The van der Waals surface area contributed by atoms with Crippen molar-refractivity contribution in [3.63, 3.8) is 0 Å². The summed E-state index contributed by atoms with van der Waals surface area (Å²) < 4.78 is 26.8. The van der Waals surface area contributed by atoms with Gasteiger partial charge < -0.3 is 5.73 Å². The van der Waals surface area contributed by atoms with Gasteiger partial charge in [-0.1, -0.05) is 19.1 Å². The van der Waals surface area contributed by atoms with Gasteiger partial charge in [0.25, 0.3) is 0 Å². The van der Waals surface area contributed by atoms with Crippen LogP contribution in [0.4, 0.5) is 5.69 Å². The van der Waals surface area contributed by atoms with E-state index in [9.17, 15) is 8.42 Å². The molecule has 2 N–H and O–H groups in total. The molecule has 0 spiro atoms. The predicted octanol–water partition coefficient (Wildman–Crippen LogP) is 2.36. The molecule has 1 saturated heterocycles. The second-order valence-electron chi connectivity index (χ2n) is 5.32. The second-order valence-corrected chi connectivity index (χ2v) is 7.19. The number of nitrogens with zero attached hydrogens (tertiary/aromatic N) is 1. The zero-order valence-electron chi connectivity index (χ0n) is 11.5. The molecule has 1 fully saturated rings. The van der Waals surface area contributed by atoms with Crippen molar-refractivity contribution in [3.05, 3.63) is 29.8 Å². The van der Waals surface area contributed by atoms with Crippen LogP contribution in [0, 0.1) is 0 Å². The van der Waals surface area contributed by atoms with Crippen molar-refractivity contribution in [1.29, 1.82) is 0 Å².